The van der Waals surface area contributed by atoms with Crippen LogP contribution in [-0.2, 0) is 9.53 Å². The highest BCUT2D eigenvalue weighted by atomic mass is 16.6. The van der Waals surface area contributed by atoms with Crippen molar-refractivity contribution >= 4 is 5.97 Å². The molecule has 1 saturated heterocycles. The number of carbonyl (C=O) groups excluding carboxylic acids is 1. The Kier molecular flexibility index (Phi) is 2.60. The molecule has 0 aromatic carbocycles. The van der Waals surface area contributed by atoms with Gasteiger partial charge < -0.3 is 9.84 Å². The minimum atomic E-state index is -0.304. The van der Waals surface area contributed by atoms with Crippen LogP contribution in [0.1, 0.15) is 40.0 Å². The highest BCUT2D eigenvalue weighted by Gasteiger charge is 2.58. The maximum atomic E-state index is 11.8. The van der Waals surface area contributed by atoms with E-state index < -0.39 is 0 Å². The smallest absolute Gasteiger partial charge is 0.309 e. The molecule has 0 amide bonds. The molecule has 0 unspecified atom stereocenters. The zero-order chi connectivity index (χ0) is 13.1. The summed E-state index contributed by atoms with van der Waals surface area (Å²) in [5.41, 5.74) is 1.17. The summed E-state index contributed by atoms with van der Waals surface area (Å²) in [4.78, 5) is 11.8. The van der Waals surface area contributed by atoms with Gasteiger partial charge in [-0.2, -0.15) is 0 Å². The van der Waals surface area contributed by atoms with Gasteiger partial charge in [-0.3, -0.25) is 4.79 Å². The lowest BCUT2D eigenvalue weighted by atomic mass is 9.55. The first-order valence-corrected chi connectivity index (χ1v) is 7.00. The van der Waals surface area contributed by atoms with E-state index in [0.717, 1.165) is 19.3 Å². The molecule has 0 aromatic heterocycles. The summed E-state index contributed by atoms with van der Waals surface area (Å²) in [5.74, 6) is 0.506. The molecule has 0 bridgehead atoms. The summed E-state index contributed by atoms with van der Waals surface area (Å²) in [5, 5.41) is 10.3. The minimum Gasteiger partial charge on any atom is -0.461 e. The second-order valence-corrected chi connectivity index (χ2v) is 6.58. The van der Waals surface area contributed by atoms with Crippen molar-refractivity contribution in [1.82, 2.24) is 0 Å². The van der Waals surface area contributed by atoms with Gasteiger partial charge in [0.2, 0.25) is 0 Å². The van der Waals surface area contributed by atoms with Crippen molar-refractivity contribution in [3.63, 3.8) is 0 Å². The molecule has 18 heavy (non-hydrogen) atoms. The van der Waals surface area contributed by atoms with Crippen molar-refractivity contribution in [2.45, 2.75) is 52.2 Å². The molecule has 2 fully saturated rings. The van der Waals surface area contributed by atoms with Gasteiger partial charge in [-0.15, -0.1) is 0 Å². The van der Waals surface area contributed by atoms with Crippen LogP contribution in [0.15, 0.2) is 11.6 Å². The first kappa shape index (κ1) is 12.2. The Morgan fingerprint density at radius 2 is 2.22 bits per heavy atom. The number of fused-ring (bicyclic) bond motifs is 3. The van der Waals surface area contributed by atoms with E-state index in [-0.39, 0.29) is 35.4 Å². The van der Waals surface area contributed by atoms with Crippen LogP contribution in [0.2, 0.25) is 0 Å². The van der Waals surface area contributed by atoms with Crippen molar-refractivity contribution in [1.29, 1.82) is 0 Å². The Labute approximate surface area is 108 Å². The summed E-state index contributed by atoms with van der Waals surface area (Å²) in [6, 6.07) is 0. The van der Waals surface area contributed by atoms with E-state index in [2.05, 4.69) is 19.9 Å². The monoisotopic (exact) mass is 250 g/mol. The fourth-order valence-electron chi connectivity index (χ4n) is 4.37. The van der Waals surface area contributed by atoms with Crippen LogP contribution in [0, 0.1) is 23.2 Å². The Morgan fingerprint density at radius 1 is 1.50 bits per heavy atom. The molecule has 2 aliphatic carbocycles. The second-order valence-electron chi connectivity index (χ2n) is 6.58. The predicted molar refractivity (Wildman–Crippen MR) is 67.7 cm³/mol. The molecule has 3 nitrogen and oxygen atoms in total. The number of hydrogen-bond donors (Lipinski definition) is 1. The van der Waals surface area contributed by atoms with Crippen LogP contribution in [0.5, 0.6) is 0 Å². The zero-order valence-corrected chi connectivity index (χ0v) is 11.3. The van der Waals surface area contributed by atoms with E-state index in [4.69, 9.17) is 4.74 Å². The lowest BCUT2D eigenvalue weighted by molar-refractivity contribution is -0.151. The van der Waals surface area contributed by atoms with Gasteiger partial charge in [0.05, 0.1) is 12.0 Å². The third-order valence-electron chi connectivity index (χ3n) is 5.66. The molecule has 1 heterocycles. The van der Waals surface area contributed by atoms with Crippen molar-refractivity contribution in [2.75, 3.05) is 0 Å². The molecule has 1 N–H and O–H groups in total. The van der Waals surface area contributed by atoms with Gasteiger partial charge in [0.25, 0.3) is 0 Å². The average molecular weight is 250 g/mol. The molecule has 1 saturated carbocycles. The van der Waals surface area contributed by atoms with Crippen molar-refractivity contribution in [3.05, 3.63) is 11.6 Å². The number of carbonyl (C=O) groups is 1. The van der Waals surface area contributed by atoms with E-state index in [1.54, 1.807) is 0 Å². The second kappa shape index (κ2) is 3.83. The minimum absolute atomic E-state index is 0.0163. The molecular weight excluding hydrogens is 228 g/mol. The SMILES string of the molecule is CC1=CC[C@@H](O)[C@]2(C)CC[C@@H]3[C@H](OC(=O)[C@H]3C)[C@H]12. The Balaban J connectivity index is 2.00. The number of hydrogen-bond acceptors (Lipinski definition) is 3. The van der Waals surface area contributed by atoms with Gasteiger partial charge in [0, 0.05) is 17.3 Å². The fourth-order valence-corrected chi connectivity index (χ4v) is 4.37. The van der Waals surface area contributed by atoms with E-state index in [1.807, 2.05) is 6.92 Å². The lowest BCUT2D eigenvalue weighted by Gasteiger charge is -2.51. The number of ether oxygens (including phenoxy) is 1. The van der Waals surface area contributed by atoms with Crippen molar-refractivity contribution in [2.24, 2.45) is 23.2 Å². The number of rotatable bonds is 0. The number of esters is 1. The molecular formula is C15H22O3. The van der Waals surface area contributed by atoms with Crippen molar-refractivity contribution < 1.29 is 14.6 Å². The van der Waals surface area contributed by atoms with Crippen LogP contribution in [0.4, 0.5) is 0 Å². The van der Waals surface area contributed by atoms with Gasteiger partial charge >= 0.3 is 5.97 Å². The van der Waals surface area contributed by atoms with Gasteiger partial charge in [0.15, 0.2) is 0 Å². The first-order valence-electron chi connectivity index (χ1n) is 7.00. The Hall–Kier alpha value is -0.830. The van der Waals surface area contributed by atoms with Crippen LogP contribution in [-0.4, -0.2) is 23.3 Å². The fraction of sp³-hybridized carbons (Fsp3) is 0.800. The lowest BCUT2D eigenvalue weighted by Crippen LogP contribution is -2.52. The van der Waals surface area contributed by atoms with Crippen LogP contribution in [0.3, 0.4) is 0 Å². The van der Waals surface area contributed by atoms with E-state index in [9.17, 15) is 9.90 Å². The molecule has 6 atom stereocenters. The standard InChI is InChI=1S/C15H22O3/c1-8-4-5-11(16)15(3)7-6-10-9(2)14(17)18-13(10)12(8)15/h4,9-13,16H,5-7H2,1-3H3/t9-,10-,11+,12-,13-,15-/m0/s1. The van der Waals surface area contributed by atoms with E-state index >= 15 is 0 Å². The zero-order valence-electron chi connectivity index (χ0n) is 11.3. The molecule has 0 spiro atoms. The van der Waals surface area contributed by atoms with E-state index in [1.165, 1.54) is 5.57 Å². The van der Waals surface area contributed by atoms with E-state index in [0.29, 0.717) is 5.92 Å². The quantitative estimate of drug-likeness (QED) is 0.530. The Bertz CT molecular complexity index is 414. The van der Waals surface area contributed by atoms with Gasteiger partial charge in [0.1, 0.15) is 6.10 Å². The topological polar surface area (TPSA) is 46.5 Å². The predicted octanol–water partition coefficient (Wildman–Crippen LogP) is 2.29. The molecule has 3 heteroatoms. The summed E-state index contributed by atoms with van der Waals surface area (Å²) in [6.07, 6.45) is 4.52. The van der Waals surface area contributed by atoms with Gasteiger partial charge in [-0.05, 0) is 26.2 Å². The first-order chi connectivity index (χ1) is 8.45. The average Bonchev–Trinajstić information content (AvgIpc) is 2.60. The van der Waals surface area contributed by atoms with Gasteiger partial charge in [-0.1, -0.05) is 25.5 Å². The summed E-state index contributed by atoms with van der Waals surface area (Å²) < 4.78 is 5.64. The number of aliphatic hydroxyl groups is 1. The van der Waals surface area contributed by atoms with Gasteiger partial charge in [-0.25, -0.2) is 0 Å². The van der Waals surface area contributed by atoms with Crippen LogP contribution in [0.25, 0.3) is 0 Å². The largest absolute Gasteiger partial charge is 0.461 e. The maximum absolute atomic E-state index is 11.8. The number of aliphatic hydroxyl groups excluding tert-OH is 1. The normalized spacial score (nSPS) is 51.2. The molecule has 0 aromatic rings. The van der Waals surface area contributed by atoms with Crippen LogP contribution < -0.4 is 0 Å². The third kappa shape index (κ3) is 1.43. The van der Waals surface area contributed by atoms with Crippen molar-refractivity contribution in [3.8, 4) is 0 Å². The molecule has 100 valence electrons. The van der Waals surface area contributed by atoms with Crippen LogP contribution >= 0.6 is 0 Å². The third-order valence-corrected chi connectivity index (χ3v) is 5.66. The molecule has 3 aliphatic rings. The molecule has 1 aliphatic heterocycles. The highest BCUT2D eigenvalue weighted by molar-refractivity contribution is 5.75. The molecule has 3 rings (SSSR count). The highest BCUT2D eigenvalue weighted by Crippen LogP contribution is 2.56. The summed E-state index contributed by atoms with van der Waals surface area (Å²) in [7, 11) is 0. The summed E-state index contributed by atoms with van der Waals surface area (Å²) >= 11 is 0. The Morgan fingerprint density at radius 3 is 2.94 bits per heavy atom. The summed E-state index contributed by atoms with van der Waals surface area (Å²) in [6.45, 7) is 6.26. The molecule has 0 radical (unpaired) electrons. The maximum Gasteiger partial charge on any atom is 0.309 e.